The Hall–Kier alpha value is -1.89. The van der Waals surface area contributed by atoms with E-state index in [1.807, 2.05) is 30.3 Å². The van der Waals surface area contributed by atoms with Crippen molar-refractivity contribution in [2.75, 3.05) is 13.7 Å². The minimum absolute atomic E-state index is 0.598. The normalized spacial score (nSPS) is 10.9. The van der Waals surface area contributed by atoms with E-state index in [2.05, 4.69) is 25.8 Å². The molecule has 0 bridgehead atoms. The Balaban J connectivity index is 1.83. The van der Waals surface area contributed by atoms with Crippen LogP contribution >= 0.6 is 23.4 Å². The molecule has 0 atom stereocenters. The molecule has 2 heterocycles. The summed E-state index contributed by atoms with van der Waals surface area (Å²) in [6.45, 7) is 1.29. The highest BCUT2D eigenvalue weighted by molar-refractivity contribution is 7.98. The van der Waals surface area contributed by atoms with E-state index in [1.165, 1.54) is 0 Å². The first-order chi connectivity index (χ1) is 11.8. The average molecular weight is 361 g/mol. The van der Waals surface area contributed by atoms with Crippen molar-refractivity contribution in [3.63, 3.8) is 0 Å². The van der Waals surface area contributed by atoms with Gasteiger partial charge in [-0.15, -0.1) is 10.2 Å². The first-order valence-corrected chi connectivity index (χ1v) is 8.84. The van der Waals surface area contributed by atoms with Crippen LogP contribution in [0.15, 0.2) is 53.9 Å². The minimum atomic E-state index is 0.598. The molecule has 0 amide bonds. The molecule has 0 saturated heterocycles. The van der Waals surface area contributed by atoms with Gasteiger partial charge in [0.15, 0.2) is 11.0 Å². The molecule has 1 aromatic carbocycles. The number of hydrogen-bond acceptors (Lipinski definition) is 5. The number of methoxy groups -OCH3 is 1. The van der Waals surface area contributed by atoms with Crippen LogP contribution in [0.5, 0.6) is 0 Å². The molecule has 5 nitrogen and oxygen atoms in total. The van der Waals surface area contributed by atoms with E-state index >= 15 is 0 Å². The quantitative estimate of drug-likeness (QED) is 0.597. The van der Waals surface area contributed by atoms with Crippen molar-refractivity contribution in [1.82, 2.24) is 19.7 Å². The Morgan fingerprint density at radius 2 is 2.00 bits per heavy atom. The Labute approximate surface area is 150 Å². The third-order valence-electron chi connectivity index (χ3n) is 3.43. The second-order valence-electron chi connectivity index (χ2n) is 5.11. The van der Waals surface area contributed by atoms with Gasteiger partial charge in [-0.1, -0.05) is 35.5 Å². The van der Waals surface area contributed by atoms with Crippen molar-refractivity contribution in [1.29, 1.82) is 0 Å². The van der Waals surface area contributed by atoms with Crippen molar-refractivity contribution in [2.24, 2.45) is 0 Å². The topological polar surface area (TPSA) is 52.8 Å². The molecule has 0 saturated carbocycles. The average Bonchev–Trinajstić information content (AvgIpc) is 3.02. The van der Waals surface area contributed by atoms with E-state index in [4.69, 9.17) is 16.3 Å². The van der Waals surface area contributed by atoms with Crippen LogP contribution in [0.25, 0.3) is 11.4 Å². The molecular formula is C17H17ClN4OS. The molecule has 124 valence electrons. The van der Waals surface area contributed by atoms with Crippen LogP contribution in [0, 0.1) is 0 Å². The second-order valence-corrected chi connectivity index (χ2v) is 6.48. The summed E-state index contributed by atoms with van der Waals surface area (Å²) in [6.07, 6.45) is 3.51. The molecule has 3 rings (SSSR count). The molecule has 0 aliphatic heterocycles. The predicted molar refractivity (Wildman–Crippen MR) is 96.1 cm³/mol. The standard InChI is InChI=1S/C17H17ClN4OS/c1-23-10-9-22-16(14-5-7-19-8-6-14)20-21-17(22)24-12-13-3-2-4-15(18)11-13/h2-8,11H,9-10,12H2,1H3. The number of ether oxygens (including phenoxy) is 1. The summed E-state index contributed by atoms with van der Waals surface area (Å²) in [5.41, 5.74) is 2.14. The lowest BCUT2D eigenvalue weighted by atomic mass is 10.2. The summed E-state index contributed by atoms with van der Waals surface area (Å²) < 4.78 is 7.30. The predicted octanol–water partition coefficient (Wildman–Crippen LogP) is 3.93. The van der Waals surface area contributed by atoms with Gasteiger partial charge in [-0.05, 0) is 29.8 Å². The highest BCUT2D eigenvalue weighted by Crippen LogP contribution is 2.26. The maximum Gasteiger partial charge on any atom is 0.191 e. The molecule has 0 unspecified atom stereocenters. The smallest absolute Gasteiger partial charge is 0.191 e. The minimum Gasteiger partial charge on any atom is -0.383 e. The molecule has 0 aliphatic carbocycles. The van der Waals surface area contributed by atoms with Crippen LogP contribution in [-0.4, -0.2) is 33.5 Å². The van der Waals surface area contributed by atoms with Crippen molar-refractivity contribution in [2.45, 2.75) is 17.5 Å². The van der Waals surface area contributed by atoms with E-state index in [1.54, 1.807) is 31.3 Å². The summed E-state index contributed by atoms with van der Waals surface area (Å²) in [4.78, 5) is 4.05. The highest BCUT2D eigenvalue weighted by Gasteiger charge is 2.14. The van der Waals surface area contributed by atoms with Crippen LogP contribution in [0.4, 0.5) is 0 Å². The van der Waals surface area contributed by atoms with Gasteiger partial charge in [0.05, 0.1) is 13.2 Å². The maximum atomic E-state index is 6.05. The first-order valence-electron chi connectivity index (χ1n) is 7.47. The lowest BCUT2D eigenvalue weighted by Gasteiger charge is -2.09. The van der Waals surface area contributed by atoms with Crippen LogP contribution in [-0.2, 0) is 17.0 Å². The highest BCUT2D eigenvalue weighted by atomic mass is 35.5. The van der Waals surface area contributed by atoms with Gasteiger partial charge in [-0.3, -0.25) is 9.55 Å². The Morgan fingerprint density at radius 1 is 1.17 bits per heavy atom. The van der Waals surface area contributed by atoms with Crippen LogP contribution in [0.1, 0.15) is 5.56 Å². The number of benzene rings is 1. The number of halogens is 1. The monoisotopic (exact) mass is 360 g/mol. The zero-order valence-corrected chi connectivity index (χ0v) is 14.8. The van der Waals surface area contributed by atoms with E-state index < -0.39 is 0 Å². The number of aromatic nitrogens is 4. The van der Waals surface area contributed by atoms with Gasteiger partial charge in [0, 0.05) is 35.8 Å². The SMILES string of the molecule is COCCn1c(SCc2cccc(Cl)c2)nnc1-c1ccncc1. The largest absolute Gasteiger partial charge is 0.383 e. The van der Waals surface area contributed by atoms with Crippen LogP contribution in [0.3, 0.4) is 0 Å². The van der Waals surface area contributed by atoms with Crippen LogP contribution in [0.2, 0.25) is 5.02 Å². The van der Waals surface area contributed by atoms with Gasteiger partial charge in [-0.2, -0.15) is 0 Å². The summed E-state index contributed by atoms with van der Waals surface area (Å²) in [5.74, 6) is 1.60. The molecular weight excluding hydrogens is 344 g/mol. The van der Waals surface area contributed by atoms with Crippen molar-refractivity contribution in [3.05, 3.63) is 59.4 Å². The van der Waals surface area contributed by atoms with E-state index in [9.17, 15) is 0 Å². The van der Waals surface area contributed by atoms with E-state index in [0.29, 0.717) is 13.2 Å². The van der Waals surface area contributed by atoms with Crippen molar-refractivity contribution in [3.8, 4) is 11.4 Å². The molecule has 24 heavy (non-hydrogen) atoms. The number of nitrogens with zero attached hydrogens (tertiary/aromatic N) is 4. The number of hydrogen-bond donors (Lipinski definition) is 0. The van der Waals surface area contributed by atoms with Gasteiger partial charge in [0.2, 0.25) is 0 Å². The van der Waals surface area contributed by atoms with Crippen LogP contribution < -0.4 is 0 Å². The molecule has 0 N–H and O–H groups in total. The van der Waals surface area contributed by atoms with Gasteiger partial charge >= 0.3 is 0 Å². The zero-order valence-electron chi connectivity index (χ0n) is 13.2. The summed E-state index contributed by atoms with van der Waals surface area (Å²) in [6, 6.07) is 11.7. The molecule has 0 radical (unpaired) electrons. The molecule has 0 fully saturated rings. The Morgan fingerprint density at radius 3 is 2.75 bits per heavy atom. The fourth-order valence-electron chi connectivity index (χ4n) is 2.27. The number of rotatable bonds is 7. The van der Waals surface area contributed by atoms with Gasteiger partial charge in [0.1, 0.15) is 0 Å². The fourth-order valence-corrected chi connectivity index (χ4v) is 3.39. The van der Waals surface area contributed by atoms with E-state index in [0.717, 1.165) is 32.9 Å². The third kappa shape index (κ3) is 4.14. The molecule has 2 aromatic heterocycles. The second kappa shape index (κ2) is 8.28. The van der Waals surface area contributed by atoms with Gasteiger partial charge in [0.25, 0.3) is 0 Å². The third-order valence-corrected chi connectivity index (χ3v) is 4.70. The van der Waals surface area contributed by atoms with E-state index in [-0.39, 0.29) is 0 Å². The van der Waals surface area contributed by atoms with Gasteiger partial charge in [-0.25, -0.2) is 0 Å². The Bertz CT molecular complexity index is 794. The fraction of sp³-hybridized carbons (Fsp3) is 0.235. The first kappa shape index (κ1) is 17.0. The summed E-state index contributed by atoms with van der Waals surface area (Å²) in [7, 11) is 1.69. The van der Waals surface area contributed by atoms with Gasteiger partial charge < -0.3 is 4.74 Å². The number of pyridine rings is 1. The van der Waals surface area contributed by atoms with Crippen molar-refractivity contribution < 1.29 is 4.74 Å². The molecule has 7 heteroatoms. The maximum absolute atomic E-state index is 6.05. The Kier molecular flexibility index (Phi) is 5.85. The number of thioether (sulfide) groups is 1. The molecule has 3 aromatic rings. The lowest BCUT2D eigenvalue weighted by Crippen LogP contribution is -2.07. The molecule has 0 spiro atoms. The van der Waals surface area contributed by atoms with Crippen molar-refractivity contribution >= 4 is 23.4 Å². The summed E-state index contributed by atoms with van der Waals surface area (Å²) in [5, 5.41) is 10.3. The lowest BCUT2D eigenvalue weighted by molar-refractivity contribution is 0.185. The molecule has 0 aliphatic rings. The summed E-state index contributed by atoms with van der Waals surface area (Å²) >= 11 is 7.68. The zero-order chi connectivity index (χ0) is 16.8.